The topological polar surface area (TPSA) is 114 Å². The number of aromatic nitrogens is 2. The number of urea groups is 1. The maximum Gasteiger partial charge on any atom is 0.333 e. The molecule has 4 amide bonds. The average molecular weight is 561 g/mol. The third kappa shape index (κ3) is 4.46. The van der Waals surface area contributed by atoms with E-state index in [2.05, 4.69) is 4.90 Å². The van der Waals surface area contributed by atoms with Crippen LogP contribution in [-0.2, 0) is 16.1 Å². The van der Waals surface area contributed by atoms with Gasteiger partial charge in [-0.25, -0.2) is 9.78 Å². The predicted molar refractivity (Wildman–Crippen MR) is 155 cm³/mol. The van der Waals surface area contributed by atoms with Crippen molar-refractivity contribution in [2.75, 3.05) is 23.0 Å². The molecule has 2 saturated heterocycles. The number of nitrogens with zero attached hydrogens (tertiary/aromatic N) is 5. The van der Waals surface area contributed by atoms with Crippen LogP contribution < -0.4 is 20.3 Å². The second kappa shape index (κ2) is 10.1. The summed E-state index contributed by atoms with van der Waals surface area (Å²) >= 11 is 0. The summed E-state index contributed by atoms with van der Waals surface area (Å²) in [5.41, 5.74) is 7.67. The number of hydrogen-bond donors (Lipinski definition) is 1. The summed E-state index contributed by atoms with van der Waals surface area (Å²) in [7, 11) is 0. The van der Waals surface area contributed by atoms with Crippen molar-refractivity contribution in [1.29, 1.82) is 0 Å². The number of carbonyl (C=O) groups excluding carboxylic acids is 3. The molecule has 3 aliphatic heterocycles. The van der Waals surface area contributed by atoms with Gasteiger partial charge in [-0.15, -0.1) is 0 Å². The van der Waals surface area contributed by atoms with Crippen LogP contribution in [0.25, 0.3) is 11.4 Å². The van der Waals surface area contributed by atoms with Crippen LogP contribution >= 0.6 is 0 Å². The van der Waals surface area contributed by atoms with Crippen molar-refractivity contribution in [3.8, 4) is 17.1 Å². The maximum atomic E-state index is 13.5. The highest BCUT2D eigenvalue weighted by atomic mass is 16.5. The lowest BCUT2D eigenvalue weighted by Gasteiger charge is -2.28. The number of imidazole rings is 1. The number of carbonyl (C=O) groups is 3. The Morgan fingerprint density at radius 2 is 1.83 bits per heavy atom. The first kappa shape index (κ1) is 26.3. The highest BCUT2D eigenvalue weighted by Gasteiger charge is 2.53. The molecule has 0 radical (unpaired) electrons. The number of fused-ring (bicyclic) bond motifs is 3. The first-order valence-corrected chi connectivity index (χ1v) is 15.4. The van der Waals surface area contributed by atoms with Crippen LogP contribution in [0.4, 0.5) is 16.3 Å². The van der Waals surface area contributed by atoms with Crippen LogP contribution in [0.5, 0.6) is 5.75 Å². The smallest absolute Gasteiger partial charge is 0.333 e. The lowest BCUT2D eigenvalue weighted by molar-refractivity contribution is -0.128. The van der Waals surface area contributed by atoms with E-state index in [1.807, 2.05) is 42.8 Å². The summed E-state index contributed by atoms with van der Waals surface area (Å²) < 4.78 is 8.21. The third-order valence-corrected chi connectivity index (χ3v) is 9.84. The number of ether oxygens (including phenoxy) is 1. The molecule has 2 N–H and O–H groups in total. The molecule has 2 aliphatic carbocycles. The molecule has 10 nitrogen and oxygen atoms in total. The lowest BCUT2D eigenvalue weighted by Crippen LogP contribution is -2.40. The summed E-state index contributed by atoms with van der Waals surface area (Å²) in [6, 6.07) is 4.91. The van der Waals surface area contributed by atoms with Crippen LogP contribution in [0, 0.1) is 17.8 Å². The van der Waals surface area contributed by atoms with E-state index in [1.165, 1.54) is 37.0 Å². The predicted octanol–water partition coefficient (Wildman–Crippen LogP) is 4.16. The number of anilines is 2. The second-order valence-electron chi connectivity index (χ2n) is 12.9. The van der Waals surface area contributed by atoms with E-state index in [4.69, 9.17) is 15.5 Å². The summed E-state index contributed by atoms with van der Waals surface area (Å²) in [4.78, 5) is 49.4. The highest BCUT2D eigenvalue weighted by molar-refractivity contribution is 6.14. The molecule has 10 heteroatoms. The Labute approximate surface area is 240 Å². The van der Waals surface area contributed by atoms with E-state index in [1.54, 1.807) is 4.90 Å². The van der Waals surface area contributed by atoms with Crippen molar-refractivity contribution in [2.24, 2.45) is 23.5 Å². The minimum absolute atomic E-state index is 0.0155. The van der Waals surface area contributed by atoms with Gasteiger partial charge in [0.1, 0.15) is 30.3 Å². The van der Waals surface area contributed by atoms with E-state index in [9.17, 15) is 14.4 Å². The van der Waals surface area contributed by atoms with Gasteiger partial charge in [-0.1, -0.05) is 46.0 Å². The van der Waals surface area contributed by atoms with Crippen LogP contribution in [0.2, 0.25) is 0 Å². The number of primary amides is 1. The number of benzene rings is 1. The van der Waals surface area contributed by atoms with E-state index >= 15 is 0 Å². The summed E-state index contributed by atoms with van der Waals surface area (Å²) in [6.07, 6.45) is 10.8. The number of imide groups is 1. The largest absolute Gasteiger partial charge is 0.491 e. The molecule has 2 saturated carbocycles. The maximum absolute atomic E-state index is 13.5. The normalized spacial score (nSPS) is 26.8. The van der Waals surface area contributed by atoms with Crippen LogP contribution in [0.1, 0.15) is 65.2 Å². The molecular formula is C31H40N6O4. The van der Waals surface area contributed by atoms with Gasteiger partial charge in [-0.05, 0) is 49.1 Å². The molecule has 0 bridgehead atoms. The molecule has 4 heterocycles. The van der Waals surface area contributed by atoms with Crippen molar-refractivity contribution in [2.45, 2.75) is 89.9 Å². The molecule has 5 aliphatic rings. The number of hydrogen-bond acceptors (Lipinski definition) is 6. The zero-order valence-electron chi connectivity index (χ0n) is 24.0. The minimum atomic E-state index is -0.557. The molecule has 4 fully saturated rings. The minimum Gasteiger partial charge on any atom is -0.491 e. The van der Waals surface area contributed by atoms with Gasteiger partial charge >= 0.3 is 6.03 Å². The van der Waals surface area contributed by atoms with E-state index < -0.39 is 6.04 Å². The van der Waals surface area contributed by atoms with E-state index in [-0.39, 0.29) is 35.8 Å². The third-order valence-electron chi connectivity index (χ3n) is 9.84. The molecule has 1 aromatic carbocycles. The van der Waals surface area contributed by atoms with Gasteiger partial charge in [0.25, 0.3) is 5.91 Å². The quantitative estimate of drug-likeness (QED) is 0.531. The Balaban J connectivity index is 1.19. The fourth-order valence-corrected chi connectivity index (χ4v) is 7.60. The highest BCUT2D eigenvalue weighted by Crippen LogP contribution is 2.43. The van der Waals surface area contributed by atoms with Gasteiger partial charge in [0.05, 0.1) is 12.1 Å². The fourth-order valence-electron chi connectivity index (χ4n) is 7.60. The molecule has 41 heavy (non-hydrogen) atoms. The van der Waals surface area contributed by atoms with Gasteiger partial charge in [-0.2, -0.15) is 0 Å². The average Bonchev–Trinajstić information content (AvgIpc) is 3.48. The van der Waals surface area contributed by atoms with Crippen molar-refractivity contribution >= 4 is 29.4 Å². The molecule has 2 aromatic rings. The Morgan fingerprint density at radius 3 is 2.54 bits per heavy atom. The molecule has 0 spiro atoms. The summed E-state index contributed by atoms with van der Waals surface area (Å²) in [5.74, 6) is 2.61. The summed E-state index contributed by atoms with van der Waals surface area (Å²) in [6.45, 7) is 5.79. The van der Waals surface area contributed by atoms with Crippen molar-refractivity contribution in [3.05, 3.63) is 24.4 Å². The van der Waals surface area contributed by atoms with E-state index in [0.29, 0.717) is 42.4 Å². The van der Waals surface area contributed by atoms with Crippen molar-refractivity contribution < 1.29 is 19.1 Å². The molecular weight excluding hydrogens is 520 g/mol. The second-order valence-corrected chi connectivity index (χ2v) is 12.9. The lowest BCUT2D eigenvalue weighted by atomic mass is 9.79. The SMILES string of the molecule is CC(C)C1C(=O)N(C2CC2)C(=O)N1c1cn2c(n1)-c1ccc(N3CC(C4CCCCC4)C[C@H]3C(N)=O)cc1OCC2. The molecule has 1 aromatic heterocycles. The molecule has 218 valence electrons. The first-order chi connectivity index (χ1) is 19.8. The van der Waals surface area contributed by atoms with Gasteiger partial charge < -0.3 is 19.9 Å². The Kier molecular flexibility index (Phi) is 6.47. The number of nitrogens with two attached hydrogens (primary N) is 1. The van der Waals surface area contributed by atoms with Crippen LogP contribution in [-0.4, -0.2) is 63.6 Å². The Morgan fingerprint density at radius 1 is 1.05 bits per heavy atom. The van der Waals surface area contributed by atoms with Gasteiger partial charge in [-0.3, -0.25) is 19.4 Å². The molecule has 2 unspecified atom stereocenters. The van der Waals surface area contributed by atoms with Crippen molar-refractivity contribution in [3.63, 3.8) is 0 Å². The van der Waals surface area contributed by atoms with Crippen LogP contribution in [0.15, 0.2) is 24.4 Å². The first-order valence-electron chi connectivity index (χ1n) is 15.4. The number of rotatable bonds is 6. The molecule has 7 rings (SSSR count). The zero-order valence-corrected chi connectivity index (χ0v) is 24.0. The molecule has 3 atom stereocenters. The zero-order chi connectivity index (χ0) is 28.4. The van der Waals surface area contributed by atoms with Gasteiger partial charge in [0, 0.05) is 30.5 Å². The van der Waals surface area contributed by atoms with Gasteiger partial charge in [0.2, 0.25) is 5.91 Å². The Hall–Kier alpha value is -3.56. The van der Waals surface area contributed by atoms with Crippen LogP contribution in [0.3, 0.4) is 0 Å². The van der Waals surface area contributed by atoms with Gasteiger partial charge in [0.15, 0.2) is 5.82 Å². The van der Waals surface area contributed by atoms with E-state index in [0.717, 1.165) is 37.1 Å². The monoisotopic (exact) mass is 560 g/mol. The standard InChI is InChI=1S/C31H40N6O4/c1-18(2)27-30(39)36(21-8-9-21)31(40)37(27)26-17-34-12-13-41-25-15-22(10-11-23(25)29(34)33-26)35-16-20(14-24(35)28(32)38)19-6-4-3-5-7-19/h10-11,15,17-21,24,27H,3-9,12-14,16H2,1-2H3,(H2,32,38)/t20?,24-,27?/m0/s1. The van der Waals surface area contributed by atoms with Crippen molar-refractivity contribution in [1.82, 2.24) is 14.5 Å². The Bertz CT molecular complexity index is 1380. The summed E-state index contributed by atoms with van der Waals surface area (Å²) in [5, 5.41) is 0. The fraction of sp³-hybridized carbons (Fsp3) is 0.613. The number of amides is 4.